The first kappa shape index (κ1) is 14.8. The van der Waals surface area contributed by atoms with Gasteiger partial charge in [0.2, 0.25) is 11.8 Å². The molecule has 1 aromatic rings. The van der Waals surface area contributed by atoms with Crippen molar-refractivity contribution in [2.75, 3.05) is 25.4 Å². The number of nitrogens with one attached hydrogen (secondary N) is 1. The van der Waals surface area contributed by atoms with Gasteiger partial charge in [0.1, 0.15) is 5.82 Å². The van der Waals surface area contributed by atoms with Crippen LogP contribution in [0.4, 0.5) is 4.39 Å². The summed E-state index contributed by atoms with van der Waals surface area (Å²) in [6.07, 6.45) is 1.09. The van der Waals surface area contributed by atoms with E-state index in [2.05, 4.69) is 5.32 Å². The third kappa shape index (κ3) is 4.23. The van der Waals surface area contributed by atoms with Gasteiger partial charge in [-0.25, -0.2) is 4.39 Å². The topological polar surface area (TPSA) is 49.4 Å². The predicted octanol–water partition coefficient (Wildman–Crippen LogP) is 1.66. The van der Waals surface area contributed by atoms with Gasteiger partial charge in [-0.15, -0.1) is 11.8 Å². The molecule has 0 radical (unpaired) electrons. The highest BCUT2D eigenvalue weighted by atomic mass is 32.2. The number of hydrogen-bond donors (Lipinski definition) is 1. The molecule has 0 bridgehead atoms. The van der Waals surface area contributed by atoms with Crippen LogP contribution in [0.25, 0.3) is 0 Å². The SMILES string of the molecule is O=C1CN(C(=O)CCSc2ccccc2F)CCCN1. The average Bonchev–Trinajstić information content (AvgIpc) is 2.65. The number of benzene rings is 1. The van der Waals surface area contributed by atoms with Gasteiger partial charge in [0.15, 0.2) is 0 Å². The highest BCUT2D eigenvalue weighted by molar-refractivity contribution is 7.99. The number of carbonyl (C=O) groups excluding carboxylic acids is 2. The highest BCUT2D eigenvalue weighted by Crippen LogP contribution is 2.22. The van der Waals surface area contributed by atoms with E-state index in [4.69, 9.17) is 0 Å². The van der Waals surface area contributed by atoms with Crippen LogP contribution in [0.15, 0.2) is 29.2 Å². The summed E-state index contributed by atoms with van der Waals surface area (Å²) in [5.41, 5.74) is 0. The first-order valence-corrected chi connectivity index (χ1v) is 7.57. The summed E-state index contributed by atoms with van der Waals surface area (Å²) in [6, 6.07) is 6.51. The van der Waals surface area contributed by atoms with Crippen LogP contribution < -0.4 is 5.32 Å². The lowest BCUT2D eigenvalue weighted by Crippen LogP contribution is -2.37. The van der Waals surface area contributed by atoms with E-state index in [0.29, 0.717) is 30.2 Å². The maximum Gasteiger partial charge on any atom is 0.239 e. The molecule has 0 aliphatic carbocycles. The van der Waals surface area contributed by atoms with Gasteiger partial charge in [0, 0.05) is 30.2 Å². The molecule has 2 rings (SSSR count). The zero-order valence-electron chi connectivity index (χ0n) is 11.1. The molecule has 0 unspecified atom stereocenters. The van der Waals surface area contributed by atoms with Gasteiger partial charge in [0.25, 0.3) is 0 Å². The van der Waals surface area contributed by atoms with Crippen molar-refractivity contribution in [2.24, 2.45) is 0 Å². The Morgan fingerprint density at radius 1 is 1.40 bits per heavy atom. The average molecular weight is 296 g/mol. The summed E-state index contributed by atoms with van der Waals surface area (Å²) in [7, 11) is 0. The molecule has 108 valence electrons. The molecule has 1 aliphatic rings. The summed E-state index contributed by atoms with van der Waals surface area (Å²) in [6.45, 7) is 1.34. The van der Waals surface area contributed by atoms with Crippen LogP contribution in [-0.2, 0) is 9.59 Å². The quantitative estimate of drug-likeness (QED) is 0.860. The number of nitrogens with zero attached hydrogens (tertiary/aromatic N) is 1. The van der Waals surface area contributed by atoms with E-state index in [-0.39, 0.29) is 24.2 Å². The minimum absolute atomic E-state index is 0.0501. The monoisotopic (exact) mass is 296 g/mol. The predicted molar refractivity (Wildman–Crippen MR) is 75.9 cm³/mol. The largest absolute Gasteiger partial charge is 0.354 e. The van der Waals surface area contributed by atoms with Gasteiger partial charge in [-0.2, -0.15) is 0 Å². The Morgan fingerprint density at radius 2 is 2.20 bits per heavy atom. The summed E-state index contributed by atoms with van der Waals surface area (Å²) in [5.74, 6) is 0.0836. The van der Waals surface area contributed by atoms with E-state index in [1.807, 2.05) is 0 Å². The minimum Gasteiger partial charge on any atom is -0.354 e. The Bertz CT molecular complexity index is 496. The fourth-order valence-corrected chi connectivity index (χ4v) is 2.86. The van der Waals surface area contributed by atoms with Crippen molar-refractivity contribution < 1.29 is 14.0 Å². The molecule has 1 saturated heterocycles. The van der Waals surface area contributed by atoms with Crippen molar-refractivity contribution in [3.8, 4) is 0 Å². The van der Waals surface area contributed by atoms with Crippen LogP contribution in [0.1, 0.15) is 12.8 Å². The smallest absolute Gasteiger partial charge is 0.239 e. The molecule has 1 aromatic carbocycles. The summed E-state index contributed by atoms with van der Waals surface area (Å²) in [4.78, 5) is 25.5. The Morgan fingerprint density at radius 3 is 3.00 bits per heavy atom. The number of hydrogen-bond acceptors (Lipinski definition) is 3. The standard InChI is InChI=1S/C14H17FN2O2S/c15-11-4-1-2-5-12(11)20-9-6-14(19)17-8-3-7-16-13(18)10-17/h1-2,4-5H,3,6-10H2,(H,16,18). The summed E-state index contributed by atoms with van der Waals surface area (Å²) in [5, 5.41) is 2.73. The molecule has 0 atom stereocenters. The van der Waals surface area contributed by atoms with E-state index < -0.39 is 0 Å². The number of thioether (sulfide) groups is 1. The Hall–Kier alpha value is -1.56. The second-order valence-electron chi connectivity index (χ2n) is 4.55. The van der Waals surface area contributed by atoms with Crippen LogP contribution in [0.2, 0.25) is 0 Å². The number of rotatable bonds is 4. The van der Waals surface area contributed by atoms with Crippen molar-refractivity contribution >= 4 is 23.6 Å². The van der Waals surface area contributed by atoms with Crippen LogP contribution in [0.5, 0.6) is 0 Å². The fourth-order valence-electron chi connectivity index (χ4n) is 1.99. The third-order valence-corrected chi connectivity index (χ3v) is 4.07. The van der Waals surface area contributed by atoms with Gasteiger partial charge in [-0.05, 0) is 18.6 Å². The van der Waals surface area contributed by atoms with Crippen LogP contribution in [0, 0.1) is 5.82 Å². The van der Waals surface area contributed by atoms with E-state index in [0.717, 1.165) is 6.42 Å². The maximum absolute atomic E-state index is 13.4. The summed E-state index contributed by atoms with van der Waals surface area (Å²) < 4.78 is 13.4. The van der Waals surface area contributed by atoms with Crippen molar-refractivity contribution in [1.82, 2.24) is 10.2 Å². The second kappa shape index (κ2) is 7.28. The first-order valence-electron chi connectivity index (χ1n) is 6.58. The number of halogens is 1. The van der Waals surface area contributed by atoms with E-state index in [1.54, 1.807) is 23.1 Å². The first-order chi connectivity index (χ1) is 9.66. The molecule has 2 amide bonds. The summed E-state index contributed by atoms with van der Waals surface area (Å²) >= 11 is 1.32. The number of carbonyl (C=O) groups is 2. The van der Waals surface area contributed by atoms with Crippen LogP contribution in [0.3, 0.4) is 0 Å². The maximum atomic E-state index is 13.4. The highest BCUT2D eigenvalue weighted by Gasteiger charge is 2.19. The molecule has 1 N–H and O–H groups in total. The molecule has 1 heterocycles. The zero-order chi connectivity index (χ0) is 14.4. The molecule has 20 heavy (non-hydrogen) atoms. The third-order valence-electron chi connectivity index (χ3n) is 3.02. The van der Waals surface area contributed by atoms with Gasteiger partial charge in [-0.1, -0.05) is 12.1 Å². The molecule has 0 aromatic heterocycles. The van der Waals surface area contributed by atoms with E-state index in [1.165, 1.54) is 17.8 Å². The Kier molecular flexibility index (Phi) is 5.40. The minimum atomic E-state index is -0.265. The van der Waals surface area contributed by atoms with E-state index >= 15 is 0 Å². The fraction of sp³-hybridized carbons (Fsp3) is 0.429. The van der Waals surface area contributed by atoms with Crippen molar-refractivity contribution in [1.29, 1.82) is 0 Å². The van der Waals surface area contributed by atoms with Crippen molar-refractivity contribution in [3.63, 3.8) is 0 Å². The molecule has 1 aliphatic heterocycles. The van der Waals surface area contributed by atoms with Crippen LogP contribution in [-0.4, -0.2) is 42.1 Å². The van der Waals surface area contributed by atoms with Gasteiger partial charge in [-0.3, -0.25) is 9.59 Å². The molecular weight excluding hydrogens is 279 g/mol. The van der Waals surface area contributed by atoms with Gasteiger partial charge >= 0.3 is 0 Å². The van der Waals surface area contributed by atoms with Gasteiger partial charge in [0.05, 0.1) is 6.54 Å². The molecule has 6 heteroatoms. The lowest BCUT2D eigenvalue weighted by atomic mass is 10.3. The van der Waals surface area contributed by atoms with Crippen LogP contribution >= 0.6 is 11.8 Å². The Labute approximate surface area is 121 Å². The molecule has 0 saturated carbocycles. The number of amides is 2. The zero-order valence-corrected chi connectivity index (χ0v) is 11.9. The Balaban J connectivity index is 1.80. The van der Waals surface area contributed by atoms with E-state index in [9.17, 15) is 14.0 Å². The molecule has 4 nitrogen and oxygen atoms in total. The normalized spacial score (nSPS) is 15.7. The molecule has 0 spiro atoms. The van der Waals surface area contributed by atoms with Crippen molar-refractivity contribution in [3.05, 3.63) is 30.1 Å². The lowest BCUT2D eigenvalue weighted by Gasteiger charge is -2.18. The molecule has 1 fully saturated rings. The van der Waals surface area contributed by atoms with Gasteiger partial charge < -0.3 is 10.2 Å². The van der Waals surface area contributed by atoms with Crippen molar-refractivity contribution in [2.45, 2.75) is 17.7 Å². The second-order valence-corrected chi connectivity index (χ2v) is 5.68. The molecular formula is C14H17FN2O2S. The lowest BCUT2D eigenvalue weighted by molar-refractivity contribution is -0.134.